The molecule has 2 heterocycles. The van der Waals surface area contributed by atoms with E-state index >= 15 is 0 Å². The molecule has 406 valence electrons. The second-order valence-electron chi connectivity index (χ2n) is 19.7. The summed E-state index contributed by atoms with van der Waals surface area (Å²) in [6.07, 6.45) is 29.6. The summed E-state index contributed by atoms with van der Waals surface area (Å²) in [4.78, 5) is 64.4. The summed E-state index contributed by atoms with van der Waals surface area (Å²) in [7, 11) is -4.84. The van der Waals surface area contributed by atoms with E-state index in [1.54, 1.807) is 11.8 Å². The predicted molar refractivity (Wildman–Crippen MR) is 280 cm³/mol. The van der Waals surface area contributed by atoms with Crippen LogP contribution in [-0.2, 0) is 37.5 Å². The van der Waals surface area contributed by atoms with Crippen molar-refractivity contribution in [3.63, 3.8) is 0 Å². The van der Waals surface area contributed by atoms with Crippen LogP contribution < -0.4 is 25.7 Å². The normalized spacial score (nSPS) is 18.6. The first-order valence-corrected chi connectivity index (χ1v) is 30.6. The largest absolute Gasteiger partial charge is 0.756 e. The zero-order chi connectivity index (χ0) is 51.0. The molecule has 69 heavy (non-hydrogen) atoms. The number of phosphoric ester groups is 1. The van der Waals surface area contributed by atoms with Crippen molar-refractivity contribution in [2.45, 2.75) is 252 Å². The van der Waals surface area contributed by atoms with Crippen molar-refractivity contribution in [3.8, 4) is 0 Å². The standard InChI is InChI=1S/C47H88N3O10PS.C6H15N/c1-5-7-9-11-13-15-17-19-21-23-25-29-38(3)45(52)57-35-40(60-46(53)39(4)30-26-24-22-20-18-16-14-12-10-8-6-2)36-59-61(55,56)58-34-33-48-43(51)32-28-27-31-42-44-41(37-62-42)49-47(54)50-44;1-4-7(5-2)6-3/h38-42,44H,5-37H2,1-4H3,(H,48,51)(H,55,56)(H2,49,50,54);4-6H2,1-3H3/t38?,39?,40?,41-,42?,44-;/m0./s1. The number of rotatable bonds is 44. The number of fused-ring (bicyclic) bond motifs is 1. The number of quaternary nitrogens is 1. The fourth-order valence-corrected chi connectivity index (χ4v) is 11.1. The van der Waals surface area contributed by atoms with Gasteiger partial charge in [-0.3, -0.25) is 18.9 Å². The molecule has 7 atom stereocenters. The van der Waals surface area contributed by atoms with Gasteiger partial charge in [0.05, 0.1) is 56.8 Å². The second-order valence-corrected chi connectivity index (χ2v) is 22.4. The zero-order valence-electron chi connectivity index (χ0n) is 44.9. The second kappa shape index (κ2) is 42.6. The zero-order valence-corrected chi connectivity index (χ0v) is 46.6. The van der Waals surface area contributed by atoms with E-state index in [4.69, 9.17) is 18.5 Å². The first kappa shape index (κ1) is 65.1. The van der Waals surface area contributed by atoms with Crippen molar-refractivity contribution in [2.24, 2.45) is 11.8 Å². The molecule has 0 bridgehead atoms. The van der Waals surface area contributed by atoms with E-state index in [2.05, 4.69) is 50.6 Å². The van der Waals surface area contributed by atoms with Crippen LogP contribution in [0.25, 0.3) is 0 Å². The Balaban J connectivity index is 0.00000314. The Kier molecular flexibility index (Phi) is 40.2. The Labute approximate surface area is 425 Å². The number of phosphoric acid groups is 1. The molecule has 2 rings (SSSR count). The number of ether oxygens (including phenoxy) is 2. The number of nitrogens with one attached hydrogen (secondary N) is 4. The number of hydrogen-bond donors (Lipinski definition) is 4. The molecular weight excluding hydrogens is 916 g/mol. The monoisotopic (exact) mass is 1020 g/mol. The van der Waals surface area contributed by atoms with Crippen LogP contribution >= 0.6 is 19.6 Å². The quantitative estimate of drug-likeness (QED) is 0.0197. The highest BCUT2D eigenvalue weighted by atomic mass is 32.2. The summed E-state index contributed by atoms with van der Waals surface area (Å²) in [5.41, 5.74) is 0. The number of thioether (sulfide) groups is 1. The number of carbonyl (C=O) groups is 4. The van der Waals surface area contributed by atoms with Crippen LogP contribution in [0.5, 0.6) is 0 Å². The van der Waals surface area contributed by atoms with Crippen LogP contribution in [0.4, 0.5) is 4.79 Å². The first-order chi connectivity index (χ1) is 33.3. The van der Waals surface area contributed by atoms with Gasteiger partial charge < -0.3 is 44.3 Å². The van der Waals surface area contributed by atoms with Gasteiger partial charge in [0.2, 0.25) is 5.91 Å². The first-order valence-electron chi connectivity index (χ1n) is 28.1. The molecule has 14 nitrogen and oxygen atoms in total. The lowest BCUT2D eigenvalue weighted by atomic mass is 10.0. The summed E-state index contributed by atoms with van der Waals surface area (Å²) >= 11 is 1.83. The number of unbranched alkanes of at least 4 members (excludes halogenated alkanes) is 21. The molecule has 4 N–H and O–H groups in total. The van der Waals surface area contributed by atoms with Crippen LogP contribution in [0, 0.1) is 11.8 Å². The number of esters is 2. The third kappa shape index (κ3) is 34.2. The van der Waals surface area contributed by atoms with Crippen molar-refractivity contribution >= 4 is 43.5 Å². The Morgan fingerprint density at radius 3 is 1.67 bits per heavy atom. The van der Waals surface area contributed by atoms with E-state index in [0.717, 1.165) is 57.1 Å². The Hall–Kier alpha value is -1.90. The van der Waals surface area contributed by atoms with Gasteiger partial charge in [0.25, 0.3) is 7.82 Å². The minimum absolute atomic E-state index is 0.0298. The molecule has 0 radical (unpaired) electrons. The van der Waals surface area contributed by atoms with Crippen LogP contribution in [0.15, 0.2) is 0 Å². The van der Waals surface area contributed by atoms with Crippen LogP contribution in [0.3, 0.4) is 0 Å². The number of amides is 3. The summed E-state index contributed by atoms with van der Waals surface area (Å²) in [6.45, 7) is 17.3. The molecule has 0 aromatic heterocycles. The summed E-state index contributed by atoms with van der Waals surface area (Å²) < 4.78 is 34.0. The van der Waals surface area contributed by atoms with E-state index in [1.165, 1.54) is 122 Å². The van der Waals surface area contributed by atoms with Crippen molar-refractivity contribution in [2.75, 3.05) is 51.8 Å². The third-order valence-corrected chi connectivity index (χ3v) is 16.1. The van der Waals surface area contributed by atoms with Gasteiger partial charge in [-0.15, -0.1) is 0 Å². The molecule has 5 unspecified atom stereocenters. The lowest BCUT2D eigenvalue weighted by Gasteiger charge is -2.26. The molecule has 0 saturated carbocycles. The van der Waals surface area contributed by atoms with Crippen LogP contribution in [-0.4, -0.2) is 99.1 Å². The number of carbonyl (C=O) groups excluding carboxylic acids is 4. The van der Waals surface area contributed by atoms with Gasteiger partial charge in [0, 0.05) is 24.0 Å². The minimum Gasteiger partial charge on any atom is -0.756 e. The van der Waals surface area contributed by atoms with Gasteiger partial charge in [-0.05, 0) is 46.5 Å². The maximum Gasteiger partial charge on any atom is 0.315 e. The van der Waals surface area contributed by atoms with Crippen molar-refractivity contribution < 1.29 is 52.1 Å². The van der Waals surface area contributed by atoms with Gasteiger partial charge in [-0.2, -0.15) is 11.8 Å². The van der Waals surface area contributed by atoms with E-state index in [1.807, 2.05) is 18.7 Å². The third-order valence-electron chi connectivity index (χ3n) is 13.7. The topological polar surface area (TPSA) is 186 Å². The molecule has 16 heteroatoms. The van der Waals surface area contributed by atoms with E-state index in [0.29, 0.717) is 30.9 Å². The minimum atomic E-state index is -4.84. The lowest BCUT2D eigenvalue weighted by molar-refractivity contribution is -0.894. The van der Waals surface area contributed by atoms with Crippen LogP contribution in [0.1, 0.15) is 228 Å². The van der Waals surface area contributed by atoms with Gasteiger partial charge in [-0.1, -0.05) is 175 Å². The number of urea groups is 1. The number of hydrogen-bond acceptors (Lipinski definition) is 11. The molecule has 0 aromatic carbocycles. The smallest absolute Gasteiger partial charge is 0.315 e. The molecule has 3 amide bonds. The molecule has 2 aliphatic rings. The molecule has 2 aliphatic heterocycles. The van der Waals surface area contributed by atoms with E-state index < -0.39 is 38.4 Å². The molecule has 0 spiro atoms. The average molecular weight is 1020 g/mol. The van der Waals surface area contributed by atoms with E-state index in [9.17, 15) is 28.6 Å². The summed E-state index contributed by atoms with van der Waals surface area (Å²) in [6, 6.07) is 0.181. The molecule has 2 fully saturated rings. The molecule has 0 aromatic rings. The molecular formula is C53H103N4O10PS. The Bertz CT molecular complexity index is 1360. The Morgan fingerprint density at radius 2 is 1.17 bits per heavy atom. The highest BCUT2D eigenvalue weighted by Crippen LogP contribution is 2.38. The summed E-state index contributed by atoms with van der Waals surface area (Å²) in [5, 5.41) is 8.90. The lowest BCUT2D eigenvalue weighted by Crippen LogP contribution is -3.11. The maximum absolute atomic E-state index is 13.1. The Morgan fingerprint density at radius 1 is 0.681 bits per heavy atom. The summed E-state index contributed by atoms with van der Waals surface area (Å²) in [5.74, 6) is -0.992. The fraction of sp³-hybridized carbons (Fsp3) is 0.925. The van der Waals surface area contributed by atoms with Gasteiger partial charge in [0.15, 0.2) is 6.10 Å². The van der Waals surface area contributed by atoms with Crippen molar-refractivity contribution in [1.29, 1.82) is 0 Å². The fourth-order valence-electron chi connectivity index (χ4n) is 8.85. The molecule has 0 aliphatic carbocycles. The van der Waals surface area contributed by atoms with Crippen molar-refractivity contribution in [3.05, 3.63) is 0 Å². The SMILES string of the molecule is CCCCCCCCCCCCCC(C)C(=O)OCC(COP(=O)([O-])OCCNC(=O)CCCCC1SC[C@@H]2NC(=O)N[C@H]12)OC(=O)C(C)CCCCCCCCCCCCC.CC[NH+](CC)CC. The maximum atomic E-state index is 13.1. The van der Waals surface area contributed by atoms with E-state index in [-0.39, 0.29) is 49.7 Å². The van der Waals surface area contributed by atoms with Gasteiger partial charge in [0.1, 0.15) is 6.61 Å². The highest BCUT2D eigenvalue weighted by molar-refractivity contribution is 8.00. The highest BCUT2D eigenvalue weighted by Gasteiger charge is 2.42. The van der Waals surface area contributed by atoms with Crippen LogP contribution in [0.2, 0.25) is 0 Å². The van der Waals surface area contributed by atoms with Gasteiger partial charge in [-0.25, -0.2) is 4.79 Å². The van der Waals surface area contributed by atoms with Crippen molar-refractivity contribution in [1.82, 2.24) is 16.0 Å². The predicted octanol–water partition coefficient (Wildman–Crippen LogP) is 10.4. The average Bonchev–Trinajstić information content (AvgIpc) is 3.90. The molecule has 2 saturated heterocycles. The van der Waals surface area contributed by atoms with Gasteiger partial charge >= 0.3 is 18.0 Å².